The maximum atomic E-state index is 2.43. The molecule has 0 saturated heterocycles. The molecule has 0 N–H and O–H groups in total. The summed E-state index contributed by atoms with van der Waals surface area (Å²) in [5.41, 5.74) is 10.0. The van der Waals surface area contributed by atoms with Crippen LogP contribution in [0.2, 0.25) is 0 Å². The van der Waals surface area contributed by atoms with Crippen molar-refractivity contribution >= 4 is 21.1 Å². The summed E-state index contributed by atoms with van der Waals surface area (Å²) in [4.78, 5) is 0. The molecule has 0 amide bonds. The minimum atomic E-state index is -0.730. The van der Waals surface area contributed by atoms with Gasteiger partial charge in [-0.25, -0.2) is 0 Å². The summed E-state index contributed by atoms with van der Waals surface area (Å²) in [7, 11) is 0. The Balaban J connectivity index is 2.47. The molecule has 21 heavy (non-hydrogen) atoms. The van der Waals surface area contributed by atoms with E-state index >= 15 is 0 Å². The molecule has 114 valence electrons. The van der Waals surface area contributed by atoms with Gasteiger partial charge in [-0.2, -0.15) is 0 Å². The van der Waals surface area contributed by atoms with E-state index in [4.69, 9.17) is 0 Å². The fourth-order valence-electron chi connectivity index (χ4n) is 3.81. The van der Waals surface area contributed by atoms with E-state index in [0.29, 0.717) is 0 Å². The van der Waals surface area contributed by atoms with Crippen LogP contribution in [-0.4, -0.2) is 21.1 Å². The Hall–Kier alpha value is -0.241. The van der Waals surface area contributed by atoms with E-state index < -0.39 is 21.1 Å². The Morgan fingerprint density at radius 2 is 0.810 bits per heavy atom. The van der Waals surface area contributed by atoms with Gasteiger partial charge in [0.1, 0.15) is 0 Å². The van der Waals surface area contributed by atoms with E-state index in [-0.39, 0.29) is 10.8 Å². The van der Waals surface area contributed by atoms with Crippen LogP contribution in [0.5, 0.6) is 0 Å². The molecule has 2 rings (SSSR count). The third-order valence-corrected chi connectivity index (χ3v) is 13.5. The van der Waals surface area contributed by atoms with Gasteiger partial charge in [0, 0.05) is 0 Å². The summed E-state index contributed by atoms with van der Waals surface area (Å²) in [5.74, 6) is 0. The molecule has 0 atom stereocenters. The SMILES string of the molecule is CC1=C(C)C(C)(C)[C]([Sn][C]2=C(C)C(C)=C(C)C2(C)C)=C1C. The zero-order chi connectivity index (χ0) is 16.3. The van der Waals surface area contributed by atoms with Gasteiger partial charge in [0.25, 0.3) is 0 Å². The van der Waals surface area contributed by atoms with Crippen molar-refractivity contribution in [3.63, 3.8) is 0 Å². The van der Waals surface area contributed by atoms with E-state index in [0.717, 1.165) is 0 Å². The molecule has 0 saturated carbocycles. The molecule has 2 radical (unpaired) electrons. The predicted octanol–water partition coefficient (Wildman–Crippen LogP) is 5.99. The Morgan fingerprint density at radius 3 is 1.00 bits per heavy atom. The summed E-state index contributed by atoms with van der Waals surface area (Å²) in [6.07, 6.45) is 0. The second-order valence-corrected chi connectivity index (χ2v) is 11.4. The van der Waals surface area contributed by atoms with Crippen LogP contribution in [0.25, 0.3) is 0 Å². The summed E-state index contributed by atoms with van der Waals surface area (Å²) < 4.78 is 3.59. The van der Waals surface area contributed by atoms with Crippen LogP contribution in [0, 0.1) is 10.8 Å². The Morgan fingerprint density at radius 1 is 0.524 bits per heavy atom. The summed E-state index contributed by atoms with van der Waals surface area (Å²) in [6.45, 7) is 23.7. The van der Waals surface area contributed by atoms with Crippen LogP contribution in [0.4, 0.5) is 0 Å². The van der Waals surface area contributed by atoms with E-state index in [1.807, 2.05) is 0 Å². The molecular formula is C20H30Sn. The van der Waals surface area contributed by atoms with Crippen LogP contribution in [0.3, 0.4) is 0 Å². The van der Waals surface area contributed by atoms with Crippen molar-refractivity contribution in [1.29, 1.82) is 0 Å². The second kappa shape index (κ2) is 5.15. The Labute approximate surface area is 141 Å². The molecule has 2 aliphatic rings. The summed E-state index contributed by atoms with van der Waals surface area (Å²) in [5, 5.41) is 0. The van der Waals surface area contributed by atoms with Gasteiger partial charge in [-0.05, 0) is 0 Å². The molecule has 1 heteroatoms. The molecule has 0 spiro atoms. The van der Waals surface area contributed by atoms with E-state index in [1.54, 1.807) is 40.6 Å². The van der Waals surface area contributed by atoms with Gasteiger partial charge in [-0.3, -0.25) is 0 Å². The molecule has 0 heterocycles. The van der Waals surface area contributed by atoms with Gasteiger partial charge in [0.15, 0.2) is 0 Å². The first-order valence-corrected chi connectivity index (χ1v) is 10.9. The van der Waals surface area contributed by atoms with Gasteiger partial charge in [0.05, 0.1) is 0 Å². The van der Waals surface area contributed by atoms with E-state index in [9.17, 15) is 0 Å². The van der Waals surface area contributed by atoms with Crippen molar-refractivity contribution in [2.45, 2.75) is 69.2 Å². The molecule has 0 aromatic heterocycles. The second-order valence-electron chi connectivity index (χ2n) is 7.88. The molecule has 0 fully saturated rings. The Kier molecular flexibility index (Phi) is 4.19. The van der Waals surface area contributed by atoms with Gasteiger partial charge in [0.2, 0.25) is 0 Å². The number of allylic oxidation sites excluding steroid dienone is 8. The average Bonchev–Trinajstić information content (AvgIpc) is 2.63. The van der Waals surface area contributed by atoms with Crippen molar-refractivity contribution in [3.05, 3.63) is 40.6 Å². The molecule has 0 bridgehead atoms. The molecule has 0 nitrogen and oxygen atoms in total. The first kappa shape index (κ1) is 17.1. The third-order valence-electron chi connectivity index (χ3n) is 6.38. The zero-order valence-corrected chi connectivity index (χ0v) is 18.4. The van der Waals surface area contributed by atoms with Gasteiger partial charge < -0.3 is 0 Å². The predicted molar refractivity (Wildman–Crippen MR) is 95.5 cm³/mol. The van der Waals surface area contributed by atoms with Crippen LogP contribution in [0.1, 0.15) is 69.2 Å². The van der Waals surface area contributed by atoms with Crippen molar-refractivity contribution in [2.24, 2.45) is 10.8 Å². The van der Waals surface area contributed by atoms with E-state index in [2.05, 4.69) is 69.2 Å². The minimum absolute atomic E-state index is 0.286. The molecule has 2 aliphatic carbocycles. The normalized spacial score (nSPS) is 24.9. The summed E-state index contributed by atoms with van der Waals surface area (Å²) in [6, 6.07) is 0. The van der Waals surface area contributed by atoms with Gasteiger partial charge in [-0.1, -0.05) is 0 Å². The van der Waals surface area contributed by atoms with Crippen molar-refractivity contribution in [3.8, 4) is 0 Å². The van der Waals surface area contributed by atoms with Crippen LogP contribution >= 0.6 is 0 Å². The molecule has 0 unspecified atom stereocenters. The fraction of sp³-hybridized carbons (Fsp3) is 0.600. The van der Waals surface area contributed by atoms with Crippen molar-refractivity contribution in [1.82, 2.24) is 0 Å². The van der Waals surface area contributed by atoms with Gasteiger partial charge in [-0.15, -0.1) is 0 Å². The van der Waals surface area contributed by atoms with Crippen LogP contribution in [-0.2, 0) is 0 Å². The Bertz CT molecular complexity index is 575. The number of hydrogen-bond acceptors (Lipinski definition) is 0. The molecule has 0 aromatic carbocycles. The third kappa shape index (κ3) is 2.33. The van der Waals surface area contributed by atoms with Crippen LogP contribution < -0.4 is 0 Å². The topological polar surface area (TPSA) is 0 Å². The zero-order valence-electron chi connectivity index (χ0n) is 15.5. The molecule has 0 aliphatic heterocycles. The summed E-state index contributed by atoms with van der Waals surface area (Å²) >= 11 is -0.730. The molecular weight excluding hydrogens is 359 g/mol. The first-order chi connectivity index (χ1) is 9.44. The first-order valence-electron chi connectivity index (χ1n) is 8.00. The monoisotopic (exact) mass is 390 g/mol. The van der Waals surface area contributed by atoms with Crippen LogP contribution in [0.15, 0.2) is 40.6 Å². The number of rotatable bonds is 2. The fourth-order valence-corrected chi connectivity index (χ4v) is 9.52. The average molecular weight is 389 g/mol. The van der Waals surface area contributed by atoms with Gasteiger partial charge >= 0.3 is 142 Å². The van der Waals surface area contributed by atoms with Crippen molar-refractivity contribution in [2.75, 3.05) is 0 Å². The molecule has 0 aromatic rings. The van der Waals surface area contributed by atoms with E-state index in [1.165, 1.54) is 0 Å². The quantitative estimate of drug-likeness (QED) is 0.509. The number of hydrogen-bond donors (Lipinski definition) is 0. The standard InChI is InChI=1S/2C10H15.Sn/c2*1-7-6-10(4,5)9(3)8(7)2;/h2*1-5H3;. The maximum absolute atomic E-state index is 2.43. The van der Waals surface area contributed by atoms with Crippen molar-refractivity contribution < 1.29 is 0 Å².